The summed E-state index contributed by atoms with van der Waals surface area (Å²) in [6, 6.07) is 61.2. The fourth-order valence-corrected chi connectivity index (χ4v) is 5.55. The summed E-state index contributed by atoms with van der Waals surface area (Å²) in [4.78, 5) is 0. The average Bonchev–Trinajstić information content (AvgIpc) is 3.23. The number of nitrogen functional groups attached to an aromatic ring is 4. The highest BCUT2D eigenvalue weighted by Crippen LogP contribution is 2.31. The smallest absolute Gasteiger partial charge is 0.127 e. The molecule has 0 fully saturated rings. The van der Waals surface area contributed by atoms with Crippen LogP contribution >= 0.6 is 0 Å². The molecule has 0 radical (unpaired) electrons. The van der Waals surface area contributed by atoms with Crippen molar-refractivity contribution in [1.82, 2.24) is 0 Å². The van der Waals surface area contributed by atoms with Gasteiger partial charge in [0.15, 0.2) is 0 Å². The molecule has 0 spiro atoms. The molecule has 8 nitrogen and oxygen atoms in total. The lowest BCUT2D eigenvalue weighted by atomic mass is 10.1. The number of benzene rings is 8. The topological polar surface area (TPSA) is 141 Å². The number of nitrogens with two attached hydrogens (primary N) is 4. The molecule has 276 valence electrons. The van der Waals surface area contributed by atoms with E-state index in [1.165, 1.54) is 0 Å². The van der Waals surface area contributed by atoms with Crippen molar-refractivity contribution >= 4 is 22.7 Å². The molecular formula is C48H40N4O4. The summed E-state index contributed by atoms with van der Waals surface area (Å²) in [6.45, 7) is 0. The van der Waals surface area contributed by atoms with E-state index in [-0.39, 0.29) is 0 Å². The van der Waals surface area contributed by atoms with E-state index in [1.54, 1.807) is 0 Å². The van der Waals surface area contributed by atoms with Crippen LogP contribution < -0.4 is 41.9 Å². The lowest BCUT2D eigenvalue weighted by Gasteiger charge is -2.09. The van der Waals surface area contributed by atoms with Crippen molar-refractivity contribution in [1.29, 1.82) is 0 Å². The first-order chi connectivity index (χ1) is 27.3. The summed E-state index contributed by atoms with van der Waals surface area (Å²) in [6.07, 6.45) is 0. The maximum Gasteiger partial charge on any atom is 0.127 e. The SMILES string of the molecule is Nc1ccc(Oc2ccc(-c3ccc(Oc4ccc(N)cc4)cc3)cc2)cc1.Nc1ccc(Oc2ccc(-c3ccc(Oc4ccc(N)cc4)cc3)cc2)cc1. The number of ether oxygens (including phenoxy) is 4. The van der Waals surface area contributed by atoms with Gasteiger partial charge in [0, 0.05) is 22.7 Å². The van der Waals surface area contributed by atoms with Crippen LogP contribution in [-0.2, 0) is 0 Å². The Bertz CT molecular complexity index is 2080. The van der Waals surface area contributed by atoms with E-state index in [1.807, 2.05) is 194 Å². The molecule has 8 N–H and O–H groups in total. The summed E-state index contributed by atoms with van der Waals surface area (Å²) in [5.74, 6) is 6.12. The number of hydrogen-bond donors (Lipinski definition) is 4. The van der Waals surface area contributed by atoms with Gasteiger partial charge in [-0.15, -0.1) is 0 Å². The lowest BCUT2D eigenvalue weighted by molar-refractivity contribution is 0.482. The molecule has 0 atom stereocenters. The first-order valence-electron chi connectivity index (χ1n) is 17.9. The molecule has 0 saturated heterocycles. The molecule has 8 heteroatoms. The van der Waals surface area contributed by atoms with Gasteiger partial charge in [0.25, 0.3) is 0 Å². The van der Waals surface area contributed by atoms with Crippen LogP contribution in [0.3, 0.4) is 0 Å². The molecule has 8 aromatic carbocycles. The molecule has 8 aromatic rings. The van der Waals surface area contributed by atoms with Crippen LogP contribution in [0.25, 0.3) is 22.3 Å². The first-order valence-corrected chi connectivity index (χ1v) is 17.9. The fourth-order valence-electron chi connectivity index (χ4n) is 5.55. The molecule has 0 amide bonds. The van der Waals surface area contributed by atoms with Crippen LogP contribution in [0.2, 0.25) is 0 Å². The zero-order chi connectivity index (χ0) is 38.7. The van der Waals surface area contributed by atoms with Gasteiger partial charge >= 0.3 is 0 Å². The van der Waals surface area contributed by atoms with Crippen LogP contribution in [0.5, 0.6) is 46.0 Å². The third-order valence-corrected chi connectivity index (χ3v) is 8.55. The highest BCUT2D eigenvalue weighted by atomic mass is 16.5. The van der Waals surface area contributed by atoms with Crippen molar-refractivity contribution in [2.24, 2.45) is 0 Å². The molecular weight excluding hydrogens is 697 g/mol. The third kappa shape index (κ3) is 10.2. The van der Waals surface area contributed by atoms with Crippen molar-refractivity contribution in [2.75, 3.05) is 22.9 Å². The Hall–Kier alpha value is -7.84. The van der Waals surface area contributed by atoms with Gasteiger partial charge < -0.3 is 41.9 Å². The quantitative estimate of drug-likeness (QED) is 0.102. The second-order valence-corrected chi connectivity index (χ2v) is 12.8. The van der Waals surface area contributed by atoms with Gasteiger partial charge in [0.05, 0.1) is 0 Å². The Balaban J connectivity index is 0.000000172. The minimum absolute atomic E-state index is 0.714. The maximum atomic E-state index is 5.83. The van der Waals surface area contributed by atoms with Crippen molar-refractivity contribution in [3.05, 3.63) is 194 Å². The minimum Gasteiger partial charge on any atom is -0.457 e. The zero-order valence-corrected chi connectivity index (χ0v) is 30.4. The molecule has 0 unspecified atom stereocenters. The third-order valence-electron chi connectivity index (χ3n) is 8.55. The van der Waals surface area contributed by atoms with E-state index < -0.39 is 0 Å². The van der Waals surface area contributed by atoms with E-state index in [0.29, 0.717) is 22.7 Å². The summed E-state index contributed by atoms with van der Waals surface area (Å²) >= 11 is 0. The van der Waals surface area contributed by atoms with Gasteiger partial charge in [0.2, 0.25) is 0 Å². The molecule has 0 aliphatic carbocycles. The maximum absolute atomic E-state index is 5.83. The summed E-state index contributed by atoms with van der Waals surface area (Å²) in [7, 11) is 0. The molecule has 0 bridgehead atoms. The highest BCUT2D eigenvalue weighted by Gasteiger charge is 2.05. The van der Waals surface area contributed by atoms with Crippen LogP contribution in [0.1, 0.15) is 0 Å². The second-order valence-electron chi connectivity index (χ2n) is 12.8. The Kier molecular flexibility index (Phi) is 11.3. The van der Waals surface area contributed by atoms with Crippen LogP contribution in [0, 0.1) is 0 Å². The van der Waals surface area contributed by atoms with Crippen LogP contribution in [-0.4, -0.2) is 0 Å². The van der Waals surface area contributed by atoms with Crippen LogP contribution in [0.15, 0.2) is 194 Å². The normalized spacial score (nSPS) is 10.4. The molecule has 0 heterocycles. The van der Waals surface area contributed by atoms with E-state index in [0.717, 1.165) is 68.2 Å². The number of anilines is 4. The Labute approximate surface area is 326 Å². The Morgan fingerprint density at radius 2 is 0.304 bits per heavy atom. The fraction of sp³-hybridized carbons (Fsp3) is 0. The van der Waals surface area contributed by atoms with Gasteiger partial charge in [-0.3, -0.25) is 0 Å². The summed E-state index contributed by atoms with van der Waals surface area (Å²) in [5, 5.41) is 0. The van der Waals surface area contributed by atoms with E-state index >= 15 is 0 Å². The van der Waals surface area contributed by atoms with Gasteiger partial charge in [-0.2, -0.15) is 0 Å². The van der Waals surface area contributed by atoms with Gasteiger partial charge in [0.1, 0.15) is 46.0 Å². The van der Waals surface area contributed by atoms with Crippen LogP contribution in [0.4, 0.5) is 22.7 Å². The van der Waals surface area contributed by atoms with Gasteiger partial charge in [-0.25, -0.2) is 0 Å². The average molecular weight is 737 g/mol. The lowest BCUT2D eigenvalue weighted by Crippen LogP contribution is -1.87. The minimum atomic E-state index is 0.714. The number of rotatable bonds is 10. The van der Waals surface area contributed by atoms with Gasteiger partial charge in [-0.05, 0) is 168 Å². The predicted molar refractivity (Wildman–Crippen MR) is 227 cm³/mol. The molecule has 56 heavy (non-hydrogen) atoms. The predicted octanol–water partition coefficient (Wildman–Crippen LogP) is 12.2. The van der Waals surface area contributed by atoms with E-state index in [9.17, 15) is 0 Å². The van der Waals surface area contributed by atoms with Crippen molar-refractivity contribution in [3.8, 4) is 68.2 Å². The summed E-state index contributed by atoms with van der Waals surface area (Å²) < 4.78 is 23.3. The largest absolute Gasteiger partial charge is 0.457 e. The molecule has 0 saturated carbocycles. The zero-order valence-electron chi connectivity index (χ0n) is 30.4. The highest BCUT2D eigenvalue weighted by molar-refractivity contribution is 5.66. The molecule has 0 aliphatic heterocycles. The van der Waals surface area contributed by atoms with Crippen molar-refractivity contribution < 1.29 is 18.9 Å². The molecule has 0 aliphatic rings. The number of hydrogen-bond acceptors (Lipinski definition) is 8. The van der Waals surface area contributed by atoms with Gasteiger partial charge in [-0.1, -0.05) is 48.5 Å². The first kappa shape index (κ1) is 36.5. The summed E-state index contributed by atoms with van der Waals surface area (Å²) in [5.41, 5.74) is 30.0. The monoisotopic (exact) mass is 736 g/mol. The standard InChI is InChI=1S/2C24H20N2O2/c2*25-19-5-13-23(14-6-19)27-21-9-1-17(2-10-21)18-3-11-22(12-4-18)28-24-15-7-20(26)8-16-24/h2*1-16H,25-26H2. The van der Waals surface area contributed by atoms with E-state index in [4.69, 9.17) is 41.9 Å². The Morgan fingerprint density at radius 1 is 0.179 bits per heavy atom. The van der Waals surface area contributed by atoms with Crippen molar-refractivity contribution in [2.45, 2.75) is 0 Å². The molecule has 8 rings (SSSR count). The Morgan fingerprint density at radius 3 is 0.446 bits per heavy atom. The second kappa shape index (κ2) is 17.3. The van der Waals surface area contributed by atoms with E-state index in [2.05, 4.69) is 0 Å². The molecule has 0 aromatic heterocycles. The van der Waals surface area contributed by atoms with Crippen molar-refractivity contribution in [3.63, 3.8) is 0 Å².